The third-order valence-corrected chi connectivity index (χ3v) is 3.85. The van der Waals surface area contributed by atoms with Crippen LogP contribution in [-0.2, 0) is 0 Å². The molecule has 3 rings (SSSR count). The zero-order valence-corrected chi connectivity index (χ0v) is 14.2. The highest BCUT2D eigenvalue weighted by Gasteiger charge is 2.12. The molecule has 1 aromatic heterocycles. The van der Waals surface area contributed by atoms with E-state index in [1.54, 1.807) is 57.7 Å². The minimum absolute atomic E-state index is 0.0782. The van der Waals surface area contributed by atoms with Crippen LogP contribution in [0.3, 0.4) is 0 Å². The molecule has 0 aliphatic rings. The number of hydrogen-bond acceptors (Lipinski definition) is 5. The summed E-state index contributed by atoms with van der Waals surface area (Å²) in [5, 5.41) is 0.551. The monoisotopic (exact) mass is 338 g/mol. The van der Waals surface area contributed by atoms with Crippen LogP contribution in [0.15, 0.2) is 51.9 Å². The first-order valence-corrected chi connectivity index (χ1v) is 7.66. The van der Waals surface area contributed by atoms with Crippen LogP contribution in [0, 0.1) is 0 Å². The number of para-hydroxylation sites is 1. The Balaban J connectivity index is 2.02. The van der Waals surface area contributed by atoms with Gasteiger partial charge in [-0.3, -0.25) is 4.79 Å². The molecule has 0 saturated carbocycles. The predicted octanol–water partition coefficient (Wildman–Crippen LogP) is 3.99. The van der Waals surface area contributed by atoms with E-state index in [9.17, 15) is 4.79 Å². The lowest BCUT2D eigenvalue weighted by Gasteiger charge is -2.12. The fourth-order valence-corrected chi connectivity index (χ4v) is 2.59. The van der Waals surface area contributed by atoms with E-state index in [-0.39, 0.29) is 5.43 Å². The van der Waals surface area contributed by atoms with Gasteiger partial charge < -0.3 is 18.6 Å². The van der Waals surface area contributed by atoms with E-state index >= 15 is 0 Å². The summed E-state index contributed by atoms with van der Waals surface area (Å²) in [6.07, 6.45) is 4.96. The summed E-state index contributed by atoms with van der Waals surface area (Å²) in [5.74, 6) is 1.62. The van der Waals surface area contributed by atoms with Gasteiger partial charge >= 0.3 is 0 Å². The van der Waals surface area contributed by atoms with Crippen molar-refractivity contribution in [2.45, 2.75) is 0 Å². The van der Waals surface area contributed by atoms with Crippen molar-refractivity contribution in [1.82, 2.24) is 0 Å². The summed E-state index contributed by atoms with van der Waals surface area (Å²) in [6, 6.07) is 10.8. The molecule has 0 saturated heterocycles. The summed E-state index contributed by atoms with van der Waals surface area (Å²) in [4.78, 5) is 12.5. The second-order valence-corrected chi connectivity index (χ2v) is 5.31. The lowest BCUT2D eigenvalue weighted by atomic mass is 10.1. The Morgan fingerprint density at radius 3 is 2.24 bits per heavy atom. The molecule has 25 heavy (non-hydrogen) atoms. The van der Waals surface area contributed by atoms with Gasteiger partial charge in [0.2, 0.25) is 5.75 Å². The van der Waals surface area contributed by atoms with E-state index in [0.29, 0.717) is 33.8 Å². The highest BCUT2D eigenvalue weighted by atomic mass is 16.5. The molecule has 0 atom stereocenters. The lowest BCUT2D eigenvalue weighted by molar-refractivity contribution is 0.324. The number of methoxy groups -OCH3 is 3. The minimum Gasteiger partial charge on any atom is -0.493 e. The van der Waals surface area contributed by atoms with Crippen LogP contribution in [0.5, 0.6) is 17.2 Å². The maximum Gasteiger partial charge on any atom is 0.203 e. The number of rotatable bonds is 5. The molecule has 1 heterocycles. The van der Waals surface area contributed by atoms with Crippen LogP contribution in [0.25, 0.3) is 23.1 Å². The van der Waals surface area contributed by atoms with Crippen molar-refractivity contribution in [2.75, 3.05) is 21.3 Å². The predicted molar refractivity (Wildman–Crippen MR) is 97.5 cm³/mol. The topological polar surface area (TPSA) is 57.9 Å². The third-order valence-electron chi connectivity index (χ3n) is 3.85. The highest BCUT2D eigenvalue weighted by Crippen LogP contribution is 2.38. The maximum atomic E-state index is 12.5. The zero-order chi connectivity index (χ0) is 17.8. The van der Waals surface area contributed by atoms with Crippen LogP contribution in [0.1, 0.15) is 11.1 Å². The molecule has 0 N–H and O–H groups in total. The fourth-order valence-electron chi connectivity index (χ4n) is 2.59. The van der Waals surface area contributed by atoms with Gasteiger partial charge in [-0.1, -0.05) is 18.2 Å². The molecule has 0 radical (unpaired) electrons. The minimum atomic E-state index is -0.0782. The normalized spacial score (nSPS) is 11.0. The van der Waals surface area contributed by atoms with E-state index in [1.807, 2.05) is 12.1 Å². The summed E-state index contributed by atoms with van der Waals surface area (Å²) < 4.78 is 21.5. The van der Waals surface area contributed by atoms with Gasteiger partial charge in [0.25, 0.3) is 0 Å². The van der Waals surface area contributed by atoms with Crippen molar-refractivity contribution in [3.05, 3.63) is 64.0 Å². The molecule has 0 spiro atoms. The molecule has 5 nitrogen and oxygen atoms in total. The van der Waals surface area contributed by atoms with E-state index in [2.05, 4.69) is 0 Å². The van der Waals surface area contributed by atoms with Crippen LogP contribution >= 0.6 is 0 Å². The van der Waals surface area contributed by atoms with Gasteiger partial charge in [0.05, 0.1) is 32.3 Å². The molecular weight excluding hydrogens is 320 g/mol. The van der Waals surface area contributed by atoms with Gasteiger partial charge in [-0.2, -0.15) is 0 Å². The number of benzene rings is 2. The van der Waals surface area contributed by atoms with E-state index < -0.39 is 0 Å². The zero-order valence-electron chi connectivity index (χ0n) is 14.2. The van der Waals surface area contributed by atoms with Crippen LogP contribution in [0.4, 0.5) is 0 Å². The Labute approximate surface area is 145 Å². The Kier molecular flexibility index (Phi) is 4.75. The maximum absolute atomic E-state index is 12.5. The molecule has 3 aromatic rings. The Morgan fingerprint density at radius 2 is 1.60 bits per heavy atom. The SMILES string of the molecule is COc1cc(/C=C/c2coc3ccccc3c2=O)cc(OC)c1OC. The molecule has 0 fully saturated rings. The van der Waals surface area contributed by atoms with Crippen molar-refractivity contribution in [3.8, 4) is 17.2 Å². The van der Waals surface area contributed by atoms with E-state index in [4.69, 9.17) is 18.6 Å². The van der Waals surface area contributed by atoms with Gasteiger partial charge in [-0.25, -0.2) is 0 Å². The molecule has 128 valence electrons. The van der Waals surface area contributed by atoms with Gasteiger partial charge in [-0.15, -0.1) is 0 Å². The molecule has 0 bridgehead atoms. The summed E-state index contributed by atoms with van der Waals surface area (Å²) in [5.41, 5.74) is 1.76. The second kappa shape index (κ2) is 7.13. The Hall–Kier alpha value is -3.21. The quantitative estimate of drug-likeness (QED) is 0.704. The van der Waals surface area contributed by atoms with Crippen LogP contribution in [0.2, 0.25) is 0 Å². The van der Waals surface area contributed by atoms with E-state index in [0.717, 1.165) is 5.56 Å². The number of ether oxygens (including phenoxy) is 3. The third kappa shape index (κ3) is 3.21. The second-order valence-electron chi connectivity index (χ2n) is 5.31. The molecule has 5 heteroatoms. The highest BCUT2D eigenvalue weighted by molar-refractivity contribution is 5.80. The van der Waals surface area contributed by atoms with Crippen molar-refractivity contribution in [2.24, 2.45) is 0 Å². The first-order valence-electron chi connectivity index (χ1n) is 7.66. The van der Waals surface area contributed by atoms with Crippen LogP contribution in [-0.4, -0.2) is 21.3 Å². The van der Waals surface area contributed by atoms with E-state index in [1.165, 1.54) is 6.26 Å². The van der Waals surface area contributed by atoms with Crippen molar-refractivity contribution < 1.29 is 18.6 Å². The molecule has 0 unspecified atom stereocenters. The molecule has 0 aliphatic carbocycles. The van der Waals surface area contributed by atoms with Gasteiger partial charge in [0.15, 0.2) is 16.9 Å². The van der Waals surface area contributed by atoms with Gasteiger partial charge in [0, 0.05) is 0 Å². The first kappa shape index (κ1) is 16.6. The van der Waals surface area contributed by atoms with Crippen molar-refractivity contribution in [3.63, 3.8) is 0 Å². The largest absolute Gasteiger partial charge is 0.493 e. The average molecular weight is 338 g/mol. The summed E-state index contributed by atoms with van der Waals surface area (Å²) in [6.45, 7) is 0. The van der Waals surface area contributed by atoms with Crippen molar-refractivity contribution >= 4 is 23.1 Å². The molecular formula is C20H18O5. The van der Waals surface area contributed by atoms with Gasteiger partial charge in [-0.05, 0) is 35.9 Å². The lowest BCUT2D eigenvalue weighted by Crippen LogP contribution is -2.04. The fraction of sp³-hybridized carbons (Fsp3) is 0.150. The number of hydrogen-bond donors (Lipinski definition) is 0. The Bertz CT molecular complexity index is 960. The summed E-state index contributed by atoms with van der Waals surface area (Å²) in [7, 11) is 4.67. The number of fused-ring (bicyclic) bond motifs is 1. The Morgan fingerprint density at radius 1 is 0.920 bits per heavy atom. The molecule has 0 amide bonds. The summed E-state index contributed by atoms with van der Waals surface area (Å²) >= 11 is 0. The molecule has 0 aliphatic heterocycles. The first-order chi connectivity index (χ1) is 12.2. The standard InChI is InChI=1S/C20H18O5/c1-22-17-10-13(11-18(23-2)20(17)24-3)8-9-14-12-25-16-7-5-4-6-15(16)19(14)21/h4-12H,1-3H3/b9-8+. The molecule has 2 aromatic carbocycles. The smallest absolute Gasteiger partial charge is 0.203 e. The van der Waals surface area contributed by atoms with Gasteiger partial charge in [0.1, 0.15) is 11.8 Å². The van der Waals surface area contributed by atoms with Crippen LogP contribution < -0.4 is 19.6 Å². The average Bonchev–Trinajstić information content (AvgIpc) is 2.66. The van der Waals surface area contributed by atoms with Crippen molar-refractivity contribution in [1.29, 1.82) is 0 Å².